The molecule has 0 bridgehead atoms. The number of benzene rings is 1. The second kappa shape index (κ2) is 4.30. The van der Waals surface area contributed by atoms with Gasteiger partial charge in [0.05, 0.1) is 11.4 Å². The topological polar surface area (TPSA) is 17.3 Å². The minimum atomic E-state index is 0.950. The molecule has 0 aliphatic carbocycles. The van der Waals surface area contributed by atoms with Gasteiger partial charge in [0, 0.05) is 11.8 Å². The lowest BCUT2D eigenvalue weighted by molar-refractivity contribution is 1.07. The number of aryl methyl sites for hydroxylation is 2. The first-order valence-electron chi connectivity index (χ1n) is 6.33. The van der Waals surface area contributed by atoms with Gasteiger partial charge in [-0.25, -0.2) is 4.98 Å². The number of aromatic nitrogens is 2. The van der Waals surface area contributed by atoms with E-state index in [0.29, 0.717) is 0 Å². The molecule has 0 unspecified atom stereocenters. The highest BCUT2D eigenvalue weighted by atomic mass is 15.0. The fourth-order valence-electron chi connectivity index (χ4n) is 2.40. The Hall–Kier alpha value is -2.09. The molecule has 2 heterocycles. The van der Waals surface area contributed by atoms with Gasteiger partial charge in [-0.1, -0.05) is 43.3 Å². The molecule has 0 saturated carbocycles. The zero-order valence-electron chi connectivity index (χ0n) is 10.7. The van der Waals surface area contributed by atoms with Crippen LogP contribution in [0.1, 0.15) is 18.2 Å². The maximum Gasteiger partial charge on any atom is 0.140 e. The lowest BCUT2D eigenvalue weighted by Gasteiger charge is -2.04. The number of pyridine rings is 1. The molecule has 3 aromatic rings. The average Bonchev–Trinajstić information content (AvgIpc) is 2.80. The Morgan fingerprint density at radius 1 is 1.06 bits per heavy atom. The van der Waals surface area contributed by atoms with E-state index in [2.05, 4.69) is 60.8 Å². The number of fused-ring (bicyclic) bond motifs is 1. The van der Waals surface area contributed by atoms with Gasteiger partial charge in [-0.15, -0.1) is 0 Å². The molecule has 2 nitrogen and oxygen atoms in total. The summed E-state index contributed by atoms with van der Waals surface area (Å²) < 4.78 is 2.20. The Kier molecular flexibility index (Phi) is 2.63. The van der Waals surface area contributed by atoms with Crippen molar-refractivity contribution in [3.63, 3.8) is 0 Å². The summed E-state index contributed by atoms with van der Waals surface area (Å²) in [7, 11) is 0. The van der Waals surface area contributed by atoms with Gasteiger partial charge in [0.25, 0.3) is 0 Å². The van der Waals surface area contributed by atoms with Gasteiger partial charge in [0.1, 0.15) is 5.65 Å². The Morgan fingerprint density at radius 2 is 1.83 bits per heavy atom. The molecular weight excluding hydrogens is 220 g/mol. The van der Waals surface area contributed by atoms with E-state index in [1.54, 1.807) is 0 Å². The van der Waals surface area contributed by atoms with Crippen LogP contribution in [0.5, 0.6) is 0 Å². The zero-order chi connectivity index (χ0) is 12.5. The lowest BCUT2D eigenvalue weighted by atomic mass is 10.1. The van der Waals surface area contributed by atoms with E-state index in [-0.39, 0.29) is 0 Å². The molecule has 0 aliphatic rings. The van der Waals surface area contributed by atoms with Gasteiger partial charge >= 0.3 is 0 Å². The van der Waals surface area contributed by atoms with Crippen LogP contribution in [-0.4, -0.2) is 9.38 Å². The van der Waals surface area contributed by atoms with Crippen molar-refractivity contribution in [2.75, 3.05) is 0 Å². The van der Waals surface area contributed by atoms with Gasteiger partial charge < -0.3 is 0 Å². The van der Waals surface area contributed by atoms with Gasteiger partial charge in [0.2, 0.25) is 0 Å². The molecule has 0 amide bonds. The summed E-state index contributed by atoms with van der Waals surface area (Å²) in [6.07, 6.45) is 3.04. The SMILES string of the molecule is CCc1nc2c(C)cccn2c1-c1ccccc1. The number of rotatable bonds is 2. The number of hydrogen-bond donors (Lipinski definition) is 0. The fraction of sp³-hybridized carbons (Fsp3) is 0.188. The molecule has 90 valence electrons. The number of nitrogens with zero attached hydrogens (tertiary/aromatic N) is 2. The average molecular weight is 236 g/mol. The van der Waals surface area contributed by atoms with Crippen molar-refractivity contribution in [2.45, 2.75) is 20.3 Å². The Labute approximate surface area is 107 Å². The summed E-state index contributed by atoms with van der Waals surface area (Å²) in [6.45, 7) is 4.26. The summed E-state index contributed by atoms with van der Waals surface area (Å²) in [5.41, 5.74) is 5.89. The molecule has 0 aliphatic heterocycles. The van der Waals surface area contributed by atoms with Crippen LogP contribution >= 0.6 is 0 Å². The standard InChI is InChI=1S/C16H16N2/c1-3-14-15(13-9-5-4-6-10-13)18-11-7-8-12(2)16(18)17-14/h4-11H,3H2,1-2H3. The quantitative estimate of drug-likeness (QED) is 0.660. The van der Waals surface area contributed by atoms with Crippen LogP contribution in [0.4, 0.5) is 0 Å². The molecule has 0 fully saturated rings. The van der Waals surface area contributed by atoms with Crippen molar-refractivity contribution in [3.05, 3.63) is 59.9 Å². The van der Waals surface area contributed by atoms with Crippen molar-refractivity contribution in [3.8, 4) is 11.3 Å². The van der Waals surface area contributed by atoms with E-state index in [1.807, 2.05) is 6.07 Å². The van der Waals surface area contributed by atoms with E-state index in [0.717, 1.165) is 17.8 Å². The van der Waals surface area contributed by atoms with Crippen molar-refractivity contribution in [2.24, 2.45) is 0 Å². The number of imidazole rings is 1. The molecule has 2 aromatic heterocycles. The third-order valence-electron chi connectivity index (χ3n) is 3.30. The van der Waals surface area contributed by atoms with Gasteiger partial charge in [-0.05, 0) is 25.0 Å². The van der Waals surface area contributed by atoms with Gasteiger partial charge in [-0.3, -0.25) is 4.40 Å². The van der Waals surface area contributed by atoms with E-state index >= 15 is 0 Å². The van der Waals surface area contributed by atoms with E-state index in [4.69, 9.17) is 4.98 Å². The molecule has 0 atom stereocenters. The van der Waals surface area contributed by atoms with E-state index in [9.17, 15) is 0 Å². The van der Waals surface area contributed by atoms with E-state index < -0.39 is 0 Å². The fourth-order valence-corrected chi connectivity index (χ4v) is 2.40. The molecule has 0 saturated heterocycles. The third-order valence-corrected chi connectivity index (χ3v) is 3.30. The molecule has 1 aromatic carbocycles. The first-order valence-corrected chi connectivity index (χ1v) is 6.33. The molecule has 18 heavy (non-hydrogen) atoms. The van der Waals surface area contributed by atoms with Crippen LogP contribution in [-0.2, 0) is 6.42 Å². The maximum atomic E-state index is 4.77. The normalized spacial score (nSPS) is 11.0. The van der Waals surface area contributed by atoms with Crippen LogP contribution in [0.15, 0.2) is 48.7 Å². The zero-order valence-corrected chi connectivity index (χ0v) is 10.7. The second-order valence-electron chi connectivity index (χ2n) is 4.51. The molecule has 3 rings (SSSR count). The van der Waals surface area contributed by atoms with Crippen molar-refractivity contribution in [1.82, 2.24) is 9.38 Å². The van der Waals surface area contributed by atoms with Crippen molar-refractivity contribution in [1.29, 1.82) is 0 Å². The highest BCUT2D eigenvalue weighted by Gasteiger charge is 2.13. The lowest BCUT2D eigenvalue weighted by Crippen LogP contribution is -1.91. The molecule has 0 spiro atoms. The minimum absolute atomic E-state index is 0.950. The van der Waals surface area contributed by atoms with Gasteiger partial charge in [-0.2, -0.15) is 0 Å². The summed E-state index contributed by atoms with van der Waals surface area (Å²) in [6, 6.07) is 14.7. The van der Waals surface area contributed by atoms with Crippen LogP contribution < -0.4 is 0 Å². The van der Waals surface area contributed by atoms with Crippen LogP contribution in [0.2, 0.25) is 0 Å². The summed E-state index contributed by atoms with van der Waals surface area (Å²) in [4.78, 5) is 4.77. The smallest absolute Gasteiger partial charge is 0.140 e. The highest BCUT2D eigenvalue weighted by molar-refractivity contribution is 5.68. The third kappa shape index (κ3) is 1.61. The molecular formula is C16H16N2. The maximum absolute atomic E-state index is 4.77. The predicted octanol–water partition coefficient (Wildman–Crippen LogP) is 3.87. The summed E-state index contributed by atoms with van der Waals surface area (Å²) in [5.74, 6) is 0. The minimum Gasteiger partial charge on any atom is -0.299 e. The van der Waals surface area contributed by atoms with Crippen LogP contribution in [0.25, 0.3) is 16.9 Å². The Balaban J connectivity index is 2.37. The first kappa shape index (κ1) is 11.0. The second-order valence-corrected chi connectivity index (χ2v) is 4.51. The molecule has 0 N–H and O–H groups in total. The Morgan fingerprint density at radius 3 is 2.56 bits per heavy atom. The molecule has 0 radical (unpaired) electrons. The Bertz CT molecular complexity index is 681. The first-order chi connectivity index (χ1) is 8.81. The van der Waals surface area contributed by atoms with Crippen LogP contribution in [0, 0.1) is 6.92 Å². The van der Waals surface area contributed by atoms with Crippen molar-refractivity contribution < 1.29 is 0 Å². The molecule has 2 heteroatoms. The van der Waals surface area contributed by atoms with E-state index in [1.165, 1.54) is 16.8 Å². The number of hydrogen-bond acceptors (Lipinski definition) is 1. The predicted molar refractivity (Wildman–Crippen MR) is 74.7 cm³/mol. The monoisotopic (exact) mass is 236 g/mol. The summed E-state index contributed by atoms with van der Waals surface area (Å²) in [5, 5.41) is 0. The highest BCUT2D eigenvalue weighted by Crippen LogP contribution is 2.26. The van der Waals surface area contributed by atoms with Gasteiger partial charge in [0.15, 0.2) is 0 Å². The largest absolute Gasteiger partial charge is 0.299 e. The van der Waals surface area contributed by atoms with Crippen molar-refractivity contribution >= 4 is 5.65 Å². The van der Waals surface area contributed by atoms with Crippen LogP contribution in [0.3, 0.4) is 0 Å². The summed E-state index contributed by atoms with van der Waals surface area (Å²) >= 11 is 0.